The van der Waals surface area contributed by atoms with Crippen molar-refractivity contribution in [3.8, 4) is 0 Å². The van der Waals surface area contributed by atoms with Gasteiger partial charge in [-0.15, -0.1) is 0 Å². The number of rotatable bonds is 3. The van der Waals surface area contributed by atoms with Crippen LogP contribution in [0.2, 0.25) is 0 Å². The third-order valence-electron chi connectivity index (χ3n) is 4.70. The first-order valence-corrected chi connectivity index (χ1v) is 7.61. The average molecular weight is 291 g/mol. The number of Topliss-reactive ketones (excluding diaryl/α,β-unsaturated/α-hetero) is 1. The van der Waals surface area contributed by atoms with Gasteiger partial charge in [0.25, 0.3) is 0 Å². The molecule has 2 heteroatoms. The van der Waals surface area contributed by atoms with Gasteiger partial charge in [-0.25, -0.2) is 0 Å². The van der Waals surface area contributed by atoms with Crippen LogP contribution >= 0.6 is 0 Å². The molecule has 0 radical (unpaired) electrons. The number of likely N-dealkylation sites (N-methyl/N-ethyl adjacent to an activating group) is 1. The molecule has 2 aromatic rings. The topological polar surface area (TPSA) is 20.3 Å². The van der Waals surface area contributed by atoms with E-state index in [0.29, 0.717) is 0 Å². The Labute approximate surface area is 132 Å². The number of allylic oxidation sites excluding steroid dienone is 1. The molecule has 1 aliphatic rings. The Morgan fingerprint density at radius 2 is 1.41 bits per heavy atom. The molecule has 2 aromatic carbocycles. The molecule has 0 spiro atoms. The van der Waals surface area contributed by atoms with Gasteiger partial charge in [0.05, 0.1) is 5.41 Å². The van der Waals surface area contributed by atoms with Crippen molar-refractivity contribution in [3.05, 3.63) is 83.6 Å². The van der Waals surface area contributed by atoms with E-state index >= 15 is 0 Å². The first-order chi connectivity index (χ1) is 10.6. The zero-order chi connectivity index (χ0) is 15.7. The lowest BCUT2D eigenvalue weighted by atomic mass is 9.69. The lowest BCUT2D eigenvalue weighted by molar-refractivity contribution is -0.121. The summed E-state index contributed by atoms with van der Waals surface area (Å²) in [4.78, 5) is 14.6. The molecule has 0 amide bonds. The van der Waals surface area contributed by atoms with Gasteiger partial charge in [0.1, 0.15) is 6.04 Å². The van der Waals surface area contributed by atoms with Gasteiger partial charge in [-0.2, -0.15) is 0 Å². The largest absolute Gasteiger partial charge is 0.367 e. The maximum absolute atomic E-state index is 12.5. The molecule has 0 saturated heterocycles. The zero-order valence-electron chi connectivity index (χ0n) is 13.3. The van der Waals surface area contributed by atoms with Crippen molar-refractivity contribution < 1.29 is 4.79 Å². The molecule has 0 aliphatic carbocycles. The molecule has 1 aliphatic heterocycles. The molecule has 0 saturated carbocycles. The fourth-order valence-corrected chi connectivity index (χ4v) is 3.69. The van der Waals surface area contributed by atoms with Crippen LogP contribution in [0.4, 0.5) is 0 Å². The predicted molar refractivity (Wildman–Crippen MR) is 89.7 cm³/mol. The SMILES string of the molecule is CC(=O)C1N(C)C(C)=CC1(c1ccccc1)c1ccccc1. The van der Waals surface area contributed by atoms with Gasteiger partial charge in [0.2, 0.25) is 0 Å². The second kappa shape index (κ2) is 5.45. The van der Waals surface area contributed by atoms with Crippen LogP contribution in [0.1, 0.15) is 25.0 Å². The highest BCUT2D eigenvalue weighted by Crippen LogP contribution is 2.45. The average Bonchev–Trinajstić information content (AvgIpc) is 2.82. The van der Waals surface area contributed by atoms with Gasteiger partial charge in [0, 0.05) is 12.7 Å². The number of carbonyl (C=O) groups is 1. The monoisotopic (exact) mass is 291 g/mol. The summed E-state index contributed by atoms with van der Waals surface area (Å²) in [7, 11) is 2.01. The van der Waals surface area contributed by atoms with Crippen molar-refractivity contribution in [2.75, 3.05) is 7.05 Å². The van der Waals surface area contributed by atoms with Crippen molar-refractivity contribution in [1.29, 1.82) is 0 Å². The summed E-state index contributed by atoms with van der Waals surface area (Å²) in [5.41, 5.74) is 3.02. The van der Waals surface area contributed by atoms with E-state index < -0.39 is 5.41 Å². The van der Waals surface area contributed by atoms with Crippen LogP contribution in [0.25, 0.3) is 0 Å². The quantitative estimate of drug-likeness (QED) is 0.857. The molecule has 0 bridgehead atoms. The molecule has 0 aromatic heterocycles. The molecule has 112 valence electrons. The second-order valence-corrected chi connectivity index (χ2v) is 6.01. The minimum atomic E-state index is -0.423. The first-order valence-electron chi connectivity index (χ1n) is 7.61. The smallest absolute Gasteiger partial charge is 0.153 e. The number of nitrogens with zero attached hydrogens (tertiary/aromatic N) is 1. The van der Waals surface area contributed by atoms with Crippen molar-refractivity contribution in [3.63, 3.8) is 0 Å². The number of hydrogen-bond acceptors (Lipinski definition) is 2. The van der Waals surface area contributed by atoms with Crippen molar-refractivity contribution in [2.45, 2.75) is 25.3 Å². The third-order valence-corrected chi connectivity index (χ3v) is 4.70. The van der Waals surface area contributed by atoms with Gasteiger partial charge in [0.15, 0.2) is 5.78 Å². The summed E-state index contributed by atoms with van der Waals surface area (Å²) >= 11 is 0. The zero-order valence-corrected chi connectivity index (χ0v) is 13.3. The van der Waals surface area contributed by atoms with E-state index in [0.717, 1.165) is 16.8 Å². The Kier molecular flexibility index (Phi) is 3.61. The van der Waals surface area contributed by atoms with Crippen LogP contribution in [0.15, 0.2) is 72.4 Å². The number of benzene rings is 2. The summed E-state index contributed by atoms with van der Waals surface area (Å²) in [5, 5.41) is 0. The van der Waals surface area contributed by atoms with Crippen molar-refractivity contribution >= 4 is 5.78 Å². The molecular formula is C20H21NO. The van der Waals surface area contributed by atoms with E-state index in [-0.39, 0.29) is 11.8 Å². The first kappa shape index (κ1) is 14.6. The second-order valence-electron chi connectivity index (χ2n) is 6.01. The van der Waals surface area contributed by atoms with E-state index in [1.807, 2.05) is 43.4 Å². The normalized spacial score (nSPS) is 19.9. The molecule has 0 fully saturated rings. The van der Waals surface area contributed by atoms with Crippen molar-refractivity contribution in [1.82, 2.24) is 4.90 Å². The number of carbonyl (C=O) groups excluding carboxylic acids is 1. The fraction of sp³-hybridized carbons (Fsp3) is 0.250. The van der Waals surface area contributed by atoms with Crippen LogP contribution in [0.3, 0.4) is 0 Å². The third kappa shape index (κ3) is 2.07. The summed E-state index contributed by atoms with van der Waals surface area (Å²) < 4.78 is 0. The molecule has 2 nitrogen and oxygen atoms in total. The Balaban J connectivity index is 2.31. The molecule has 1 atom stereocenters. The van der Waals surface area contributed by atoms with Crippen LogP contribution in [-0.2, 0) is 10.2 Å². The molecule has 1 heterocycles. The van der Waals surface area contributed by atoms with Gasteiger partial charge >= 0.3 is 0 Å². The Bertz CT molecular complexity index is 664. The van der Waals surface area contributed by atoms with Gasteiger partial charge in [-0.1, -0.05) is 60.7 Å². The van der Waals surface area contributed by atoms with Crippen molar-refractivity contribution in [2.24, 2.45) is 0 Å². The summed E-state index contributed by atoms with van der Waals surface area (Å²) in [6, 6.07) is 20.4. The van der Waals surface area contributed by atoms with E-state index in [9.17, 15) is 4.79 Å². The Morgan fingerprint density at radius 1 is 0.955 bits per heavy atom. The van der Waals surface area contributed by atoms with E-state index in [1.54, 1.807) is 6.92 Å². The summed E-state index contributed by atoms with van der Waals surface area (Å²) in [6.07, 6.45) is 2.24. The minimum Gasteiger partial charge on any atom is -0.367 e. The predicted octanol–water partition coefficient (Wildman–Crippen LogP) is 3.78. The maximum Gasteiger partial charge on any atom is 0.153 e. The van der Waals surface area contributed by atoms with Crippen LogP contribution < -0.4 is 0 Å². The van der Waals surface area contributed by atoms with Gasteiger partial charge in [-0.3, -0.25) is 4.79 Å². The van der Waals surface area contributed by atoms with Crippen LogP contribution in [0.5, 0.6) is 0 Å². The van der Waals surface area contributed by atoms with E-state index in [4.69, 9.17) is 0 Å². The Hall–Kier alpha value is -2.35. The standard InChI is InChI=1S/C20H21NO/c1-15-14-20(17-10-6-4-7-11-17,18-12-8-5-9-13-18)19(16(2)22)21(15)3/h4-14,19H,1-3H3. The number of hydrogen-bond donors (Lipinski definition) is 0. The van der Waals surface area contributed by atoms with Crippen LogP contribution in [0, 0.1) is 0 Å². The molecule has 0 N–H and O–H groups in total. The highest BCUT2D eigenvalue weighted by atomic mass is 16.1. The summed E-state index contributed by atoms with van der Waals surface area (Å²) in [6.45, 7) is 3.76. The fourth-order valence-electron chi connectivity index (χ4n) is 3.69. The van der Waals surface area contributed by atoms with E-state index in [2.05, 4.69) is 42.2 Å². The van der Waals surface area contributed by atoms with Gasteiger partial charge in [-0.05, 0) is 31.1 Å². The molecule has 3 rings (SSSR count). The molecule has 22 heavy (non-hydrogen) atoms. The molecule has 1 unspecified atom stereocenters. The minimum absolute atomic E-state index is 0.184. The van der Waals surface area contributed by atoms with E-state index in [1.165, 1.54) is 0 Å². The lowest BCUT2D eigenvalue weighted by Crippen LogP contribution is -2.47. The summed E-state index contributed by atoms with van der Waals surface area (Å²) in [5.74, 6) is 0.184. The maximum atomic E-state index is 12.5. The Morgan fingerprint density at radius 3 is 1.82 bits per heavy atom. The number of ketones is 1. The molecular weight excluding hydrogens is 270 g/mol. The van der Waals surface area contributed by atoms with Crippen LogP contribution in [-0.4, -0.2) is 23.8 Å². The highest BCUT2D eigenvalue weighted by molar-refractivity contribution is 5.86. The van der Waals surface area contributed by atoms with Gasteiger partial charge < -0.3 is 4.90 Å². The lowest BCUT2D eigenvalue weighted by Gasteiger charge is -2.37. The highest BCUT2D eigenvalue weighted by Gasteiger charge is 2.49.